The Hall–Kier alpha value is -2.82. The molecule has 2 atom stereocenters. The molecule has 2 unspecified atom stereocenters. The lowest BCUT2D eigenvalue weighted by atomic mass is 10.1. The minimum atomic E-state index is -0.317. The van der Waals surface area contributed by atoms with E-state index in [-0.39, 0.29) is 30.2 Å². The molecule has 2 aromatic rings. The standard InChI is InChI=1S/C21H25N3O2/c1-15(16-7-5-4-6-8-16)24-14-17(13-20(24)25)21(26)22-18-9-11-19(12-10-18)23(2)3/h4-12,15,17H,13-14H2,1-3H3,(H,22,26). The van der Waals surface area contributed by atoms with Gasteiger partial charge in [-0.3, -0.25) is 9.59 Å². The average Bonchev–Trinajstić information content (AvgIpc) is 3.04. The molecule has 0 spiro atoms. The molecule has 0 aromatic heterocycles. The van der Waals surface area contributed by atoms with E-state index in [0.717, 1.165) is 16.9 Å². The van der Waals surface area contributed by atoms with Crippen molar-refractivity contribution in [3.63, 3.8) is 0 Å². The van der Waals surface area contributed by atoms with Gasteiger partial charge in [-0.15, -0.1) is 0 Å². The number of rotatable bonds is 5. The topological polar surface area (TPSA) is 52.7 Å². The maximum absolute atomic E-state index is 12.6. The molecule has 136 valence electrons. The van der Waals surface area contributed by atoms with Gasteiger partial charge in [-0.05, 0) is 36.8 Å². The van der Waals surface area contributed by atoms with Crippen LogP contribution in [0.2, 0.25) is 0 Å². The Balaban J connectivity index is 1.63. The van der Waals surface area contributed by atoms with E-state index in [0.29, 0.717) is 6.54 Å². The number of likely N-dealkylation sites (tertiary alicyclic amines) is 1. The molecule has 2 amide bonds. The lowest BCUT2D eigenvalue weighted by Gasteiger charge is -2.25. The van der Waals surface area contributed by atoms with Crippen LogP contribution in [0.1, 0.15) is 24.9 Å². The monoisotopic (exact) mass is 351 g/mol. The number of benzene rings is 2. The Bertz CT molecular complexity index is 772. The van der Waals surface area contributed by atoms with Crippen LogP contribution < -0.4 is 10.2 Å². The first-order valence-corrected chi connectivity index (χ1v) is 8.88. The van der Waals surface area contributed by atoms with Gasteiger partial charge >= 0.3 is 0 Å². The number of nitrogens with one attached hydrogen (secondary N) is 1. The summed E-state index contributed by atoms with van der Waals surface area (Å²) in [5.41, 5.74) is 2.91. The minimum Gasteiger partial charge on any atom is -0.378 e. The number of carbonyl (C=O) groups is 2. The Morgan fingerprint density at radius 1 is 1.12 bits per heavy atom. The van der Waals surface area contributed by atoms with Crippen molar-refractivity contribution in [3.05, 3.63) is 60.2 Å². The second kappa shape index (κ2) is 7.60. The number of amides is 2. The van der Waals surface area contributed by atoms with Gasteiger partial charge in [-0.1, -0.05) is 30.3 Å². The first-order valence-electron chi connectivity index (χ1n) is 8.88. The van der Waals surface area contributed by atoms with Gasteiger partial charge in [0.05, 0.1) is 12.0 Å². The van der Waals surface area contributed by atoms with E-state index in [4.69, 9.17) is 0 Å². The zero-order valence-corrected chi connectivity index (χ0v) is 15.5. The highest BCUT2D eigenvalue weighted by Crippen LogP contribution is 2.29. The van der Waals surface area contributed by atoms with Crippen molar-refractivity contribution >= 4 is 23.2 Å². The van der Waals surface area contributed by atoms with Crippen LogP contribution in [0.3, 0.4) is 0 Å². The van der Waals surface area contributed by atoms with Crippen molar-refractivity contribution in [2.45, 2.75) is 19.4 Å². The van der Waals surface area contributed by atoms with Gasteiger partial charge in [0.15, 0.2) is 0 Å². The highest BCUT2D eigenvalue weighted by Gasteiger charge is 2.36. The Labute approximate surface area is 154 Å². The molecule has 0 aliphatic carbocycles. The molecule has 1 saturated heterocycles. The summed E-state index contributed by atoms with van der Waals surface area (Å²) in [5, 5.41) is 2.93. The van der Waals surface area contributed by atoms with Gasteiger partial charge in [0.2, 0.25) is 11.8 Å². The normalized spacial score (nSPS) is 17.9. The summed E-state index contributed by atoms with van der Waals surface area (Å²) < 4.78 is 0. The van der Waals surface area contributed by atoms with Gasteiger partial charge in [0.25, 0.3) is 0 Å². The summed E-state index contributed by atoms with van der Waals surface area (Å²) in [7, 11) is 3.94. The fourth-order valence-electron chi connectivity index (χ4n) is 3.28. The Kier molecular flexibility index (Phi) is 5.26. The first kappa shape index (κ1) is 18.0. The zero-order valence-electron chi connectivity index (χ0n) is 15.5. The van der Waals surface area contributed by atoms with Crippen molar-refractivity contribution in [1.82, 2.24) is 4.90 Å². The summed E-state index contributed by atoms with van der Waals surface area (Å²) in [6, 6.07) is 17.6. The van der Waals surface area contributed by atoms with Gasteiger partial charge in [0, 0.05) is 38.4 Å². The average molecular weight is 351 g/mol. The number of hydrogen-bond acceptors (Lipinski definition) is 3. The predicted octanol–water partition coefficient (Wildman–Crippen LogP) is 3.30. The quantitative estimate of drug-likeness (QED) is 0.899. The summed E-state index contributed by atoms with van der Waals surface area (Å²) >= 11 is 0. The molecule has 2 aromatic carbocycles. The van der Waals surface area contributed by atoms with Crippen LogP contribution >= 0.6 is 0 Å². The molecule has 1 N–H and O–H groups in total. The van der Waals surface area contributed by atoms with Crippen molar-refractivity contribution < 1.29 is 9.59 Å². The van der Waals surface area contributed by atoms with E-state index in [2.05, 4.69) is 5.32 Å². The molecule has 5 heteroatoms. The molecule has 3 rings (SSSR count). The first-order chi connectivity index (χ1) is 12.5. The smallest absolute Gasteiger partial charge is 0.229 e. The fraction of sp³-hybridized carbons (Fsp3) is 0.333. The molecule has 0 bridgehead atoms. The van der Waals surface area contributed by atoms with Crippen molar-refractivity contribution in [2.75, 3.05) is 30.9 Å². The molecule has 1 aliphatic heterocycles. The minimum absolute atomic E-state index is 0.0270. The van der Waals surface area contributed by atoms with Crippen LogP contribution in [-0.4, -0.2) is 37.4 Å². The second-order valence-electron chi connectivity index (χ2n) is 6.96. The highest BCUT2D eigenvalue weighted by atomic mass is 16.2. The number of carbonyl (C=O) groups excluding carboxylic acids is 2. The molecular weight excluding hydrogens is 326 g/mol. The predicted molar refractivity (Wildman–Crippen MR) is 104 cm³/mol. The van der Waals surface area contributed by atoms with E-state index in [1.54, 1.807) is 4.90 Å². The van der Waals surface area contributed by atoms with E-state index < -0.39 is 0 Å². The van der Waals surface area contributed by atoms with Crippen molar-refractivity contribution in [2.24, 2.45) is 5.92 Å². The highest BCUT2D eigenvalue weighted by molar-refractivity contribution is 5.97. The van der Waals surface area contributed by atoms with E-state index in [1.165, 1.54) is 0 Å². The summed E-state index contributed by atoms with van der Waals surface area (Å²) in [4.78, 5) is 28.8. The van der Waals surface area contributed by atoms with Gasteiger partial charge < -0.3 is 15.1 Å². The second-order valence-corrected chi connectivity index (χ2v) is 6.96. The number of anilines is 2. The van der Waals surface area contributed by atoms with E-state index >= 15 is 0 Å². The maximum Gasteiger partial charge on any atom is 0.229 e. The van der Waals surface area contributed by atoms with Crippen LogP contribution in [0.15, 0.2) is 54.6 Å². The molecule has 0 radical (unpaired) electrons. The van der Waals surface area contributed by atoms with E-state index in [1.807, 2.05) is 80.5 Å². The molecule has 1 heterocycles. The van der Waals surface area contributed by atoms with E-state index in [9.17, 15) is 9.59 Å². The lowest BCUT2D eigenvalue weighted by molar-refractivity contribution is -0.129. The fourth-order valence-corrected chi connectivity index (χ4v) is 3.28. The van der Waals surface area contributed by atoms with Gasteiger partial charge in [-0.25, -0.2) is 0 Å². The zero-order chi connectivity index (χ0) is 18.7. The van der Waals surface area contributed by atoms with Gasteiger partial charge in [-0.2, -0.15) is 0 Å². The molecule has 5 nitrogen and oxygen atoms in total. The summed E-state index contributed by atoms with van der Waals surface area (Å²) in [6.07, 6.45) is 0.263. The van der Waals surface area contributed by atoms with Crippen molar-refractivity contribution in [1.29, 1.82) is 0 Å². The van der Waals surface area contributed by atoms with Crippen LogP contribution in [0.25, 0.3) is 0 Å². The van der Waals surface area contributed by atoms with Crippen molar-refractivity contribution in [3.8, 4) is 0 Å². The van der Waals surface area contributed by atoms with Gasteiger partial charge in [0.1, 0.15) is 0 Å². The van der Waals surface area contributed by atoms with Crippen LogP contribution in [-0.2, 0) is 9.59 Å². The summed E-state index contributed by atoms with van der Waals surface area (Å²) in [6.45, 7) is 2.46. The molecular formula is C21H25N3O2. The molecule has 0 saturated carbocycles. The third-order valence-electron chi connectivity index (χ3n) is 4.93. The SMILES string of the molecule is CC(c1ccccc1)N1CC(C(=O)Nc2ccc(N(C)C)cc2)CC1=O. The van der Waals surface area contributed by atoms with Crippen LogP contribution in [0.4, 0.5) is 11.4 Å². The Morgan fingerprint density at radius 2 is 1.77 bits per heavy atom. The third kappa shape index (κ3) is 3.87. The Morgan fingerprint density at radius 3 is 2.38 bits per heavy atom. The van der Waals surface area contributed by atoms with Crippen LogP contribution in [0.5, 0.6) is 0 Å². The number of hydrogen-bond donors (Lipinski definition) is 1. The molecule has 26 heavy (non-hydrogen) atoms. The van der Waals surface area contributed by atoms with Crippen LogP contribution in [0, 0.1) is 5.92 Å². The maximum atomic E-state index is 12.6. The largest absolute Gasteiger partial charge is 0.378 e. The molecule has 1 fully saturated rings. The summed E-state index contributed by atoms with van der Waals surface area (Å²) in [5.74, 6) is -0.384. The lowest BCUT2D eigenvalue weighted by Crippen LogP contribution is -2.30. The third-order valence-corrected chi connectivity index (χ3v) is 4.93. The molecule has 1 aliphatic rings. The number of nitrogens with zero attached hydrogens (tertiary/aromatic N) is 2.